The van der Waals surface area contributed by atoms with Crippen molar-refractivity contribution < 1.29 is 4.42 Å². The van der Waals surface area contributed by atoms with E-state index < -0.39 is 0 Å². The summed E-state index contributed by atoms with van der Waals surface area (Å²) in [5.41, 5.74) is 2.88. The van der Waals surface area contributed by atoms with E-state index in [2.05, 4.69) is 46.4 Å². The number of fused-ring (bicyclic) bond motifs is 1. The van der Waals surface area contributed by atoms with Gasteiger partial charge in [0.05, 0.1) is 12.3 Å². The molecule has 1 heterocycles. The Kier molecular flexibility index (Phi) is 3.27. The first-order chi connectivity index (χ1) is 8.74. The second kappa shape index (κ2) is 4.90. The number of nitrogens with one attached hydrogen (secondary N) is 1. The van der Waals surface area contributed by atoms with Gasteiger partial charge in [-0.2, -0.15) is 0 Å². The zero-order chi connectivity index (χ0) is 12.5. The Morgan fingerprint density at radius 2 is 2.28 bits per heavy atom. The van der Waals surface area contributed by atoms with E-state index in [4.69, 9.17) is 4.42 Å². The summed E-state index contributed by atoms with van der Waals surface area (Å²) in [7, 11) is 0. The Bertz CT molecular complexity index is 535. The van der Waals surface area contributed by atoms with Crippen LogP contribution in [0.15, 0.2) is 45.5 Å². The number of furan rings is 1. The van der Waals surface area contributed by atoms with E-state index in [0.29, 0.717) is 6.04 Å². The van der Waals surface area contributed by atoms with Gasteiger partial charge in [-0.25, -0.2) is 0 Å². The Hall–Kier alpha value is -1.06. The first-order valence-corrected chi connectivity index (χ1v) is 7.11. The second-order valence-corrected chi connectivity index (χ2v) is 5.75. The molecule has 2 nitrogen and oxygen atoms in total. The minimum atomic E-state index is 0.250. The van der Waals surface area contributed by atoms with Crippen LogP contribution in [-0.2, 0) is 6.42 Å². The molecule has 0 aliphatic heterocycles. The fourth-order valence-electron chi connectivity index (χ4n) is 2.68. The van der Waals surface area contributed by atoms with Gasteiger partial charge in [0.15, 0.2) is 0 Å². The quantitative estimate of drug-likeness (QED) is 0.910. The summed E-state index contributed by atoms with van der Waals surface area (Å²) in [5.74, 6) is 1.00. The molecule has 2 aromatic rings. The van der Waals surface area contributed by atoms with Gasteiger partial charge in [0.25, 0.3) is 0 Å². The predicted molar refractivity (Wildman–Crippen MR) is 75.5 cm³/mol. The monoisotopic (exact) mass is 305 g/mol. The van der Waals surface area contributed by atoms with Crippen LogP contribution in [0, 0.1) is 0 Å². The molecule has 0 spiro atoms. The summed E-state index contributed by atoms with van der Waals surface area (Å²) in [5, 5.41) is 3.65. The summed E-state index contributed by atoms with van der Waals surface area (Å²) in [6.45, 7) is 2.15. The van der Waals surface area contributed by atoms with Gasteiger partial charge in [-0.3, -0.25) is 0 Å². The third kappa shape index (κ3) is 2.25. The number of aryl methyl sites for hydroxylation is 1. The fourth-order valence-corrected chi connectivity index (χ4v) is 3.09. The molecule has 18 heavy (non-hydrogen) atoms. The molecule has 1 aliphatic rings. The van der Waals surface area contributed by atoms with Crippen LogP contribution >= 0.6 is 15.9 Å². The first-order valence-electron chi connectivity index (χ1n) is 6.32. The molecule has 1 aromatic heterocycles. The van der Waals surface area contributed by atoms with E-state index in [1.807, 2.05) is 12.1 Å². The van der Waals surface area contributed by atoms with E-state index in [1.165, 1.54) is 15.6 Å². The molecular formula is C15H16BrNO. The van der Waals surface area contributed by atoms with Gasteiger partial charge < -0.3 is 9.73 Å². The fraction of sp³-hybridized carbons (Fsp3) is 0.333. The molecule has 94 valence electrons. The van der Waals surface area contributed by atoms with Crippen LogP contribution in [-0.4, -0.2) is 0 Å². The zero-order valence-corrected chi connectivity index (χ0v) is 11.9. The number of rotatable bonds is 3. The van der Waals surface area contributed by atoms with Crippen molar-refractivity contribution in [1.82, 2.24) is 5.32 Å². The molecule has 0 bridgehead atoms. The molecule has 3 heteroatoms. The SMILES string of the molecule is C[C@@H](NC1CCc2cc(Br)ccc21)c1ccco1. The molecule has 0 saturated carbocycles. The molecule has 0 radical (unpaired) electrons. The molecule has 0 amide bonds. The minimum absolute atomic E-state index is 0.250. The smallest absolute Gasteiger partial charge is 0.120 e. The number of hydrogen-bond acceptors (Lipinski definition) is 2. The number of hydrogen-bond donors (Lipinski definition) is 1. The highest BCUT2D eigenvalue weighted by atomic mass is 79.9. The molecule has 3 rings (SSSR count). The van der Waals surface area contributed by atoms with E-state index >= 15 is 0 Å². The maximum Gasteiger partial charge on any atom is 0.120 e. The maximum atomic E-state index is 5.44. The van der Waals surface area contributed by atoms with Crippen molar-refractivity contribution in [2.45, 2.75) is 31.8 Å². The minimum Gasteiger partial charge on any atom is -0.468 e. The van der Waals surface area contributed by atoms with Crippen LogP contribution in [0.5, 0.6) is 0 Å². The highest BCUT2D eigenvalue weighted by molar-refractivity contribution is 9.10. The van der Waals surface area contributed by atoms with Crippen LogP contribution in [0.4, 0.5) is 0 Å². The van der Waals surface area contributed by atoms with Gasteiger partial charge >= 0.3 is 0 Å². The normalized spacial score (nSPS) is 19.8. The van der Waals surface area contributed by atoms with Crippen LogP contribution in [0.3, 0.4) is 0 Å². The zero-order valence-electron chi connectivity index (χ0n) is 10.3. The lowest BCUT2D eigenvalue weighted by Crippen LogP contribution is -2.22. The van der Waals surface area contributed by atoms with E-state index in [1.54, 1.807) is 6.26 Å². The standard InChI is InChI=1S/C15H16BrNO/c1-10(15-3-2-8-18-15)17-14-7-4-11-9-12(16)5-6-13(11)14/h2-3,5-6,8-10,14,17H,4,7H2,1H3/t10-,14?/m1/s1. The molecule has 0 saturated heterocycles. The highest BCUT2D eigenvalue weighted by Gasteiger charge is 2.24. The summed E-state index contributed by atoms with van der Waals surface area (Å²) in [6, 6.07) is 11.2. The van der Waals surface area contributed by atoms with Gasteiger partial charge in [0, 0.05) is 10.5 Å². The van der Waals surface area contributed by atoms with Crippen molar-refractivity contribution in [3.05, 3.63) is 58.0 Å². The molecular weight excluding hydrogens is 290 g/mol. The molecule has 2 atom stereocenters. The van der Waals surface area contributed by atoms with Gasteiger partial charge in [0.1, 0.15) is 5.76 Å². The van der Waals surface area contributed by atoms with Crippen LogP contribution in [0.2, 0.25) is 0 Å². The first kappa shape index (κ1) is 12.0. The Morgan fingerprint density at radius 3 is 3.06 bits per heavy atom. The van der Waals surface area contributed by atoms with Crippen molar-refractivity contribution in [1.29, 1.82) is 0 Å². The molecule has 1 N–H and O–H groups in total. The average molecular weight is 306 g/mol. The van der Waals surface area contributed by atoms with Gasteiger partial charge in [-0.1, -0.05) is 22.0 Å². The van der Waals surface area contributed by atoms with Gasteiger partial charge in [0.2, 0.25) is 0 Å². The van der Waals surface area contributed by atoms with E-state index in [0.717, 1.165) is 18.6 Å². The predicted octanol–water partition coefficient (Wildman–Crippen LogP) is 4.38. The largest absolute Gasteiger partial charge is 0.468 e. The van der Waals surface area contributed by atoms with E-state index in [9.17, 15) is 0 Å². The van der Waals surface area contributed by atoms with E-state index in [-0.39, 0.29) is 6.04 Å². The lowest BCUT2D eigenvalue weighted by molar-refractivity contribution is 0.391. The van der Waals surface area contributed by atoms with Crippen molar-refractivity contribution in [2.24, 2.45) is 0 Å². The molecule has 1 aromatic carbocycles. The van der Waals surface area contributed by atoms with Crippen LogP contribution in [0.25, 0.3) is 0 Å². The average Bonchev–Trinajstić information content (AvgIpc) is 2.98. The number of halogens is 1. The highest BCUT2D eigenvalue weighted by Crippen LogP contribution is 2.34. The van der Waals surface area contributed by atoms with Crippen molar-refractivity contribution >= 4 is 15.9 Å². The lowest BCUT2D eigenvalue weighted by atomic mass is 10.1. The van der Waals surface area contributed by atoms with Crippen molar-refractivity contribution in [3.8, 4) is 0 Å². The summed E-state index contributed by atoms with van der Waals surface area (Å²) < 4.78 is 6.61. The second-order valence-electron chi connectivity index (χ2n) is 4.84. The lowest BCUT2D eigenvalue weighted by Gasteiger charge is -2.18. The van der Waals surface area contributed by atoms with Gasteiger partial charge in [-0.15, -0.1) is 0 Å². The van der Waals surface area contributed by atoms with Crippen molar-refractivity contribution in [2.75, 3.05) is 0 Å². The maximum absolute atomic E-state index is 5.44. The summed E-state index contributed by atoms with van der Waals surface area (Å²) in [4.78, 5) is 0. The summed E-state index contributed by atoms with van der Waals surface area (Å²) >= 11 is 3.53. The molecule has 0 fully saturated rings. The van der Waals surface area contributed by atoms with Gasteiger partial charge in [-0.05, 0) is 55.2 Å². The van der Waals surface area contributed by atoms with Crippen LogP contribution < -0.4 is 5.32 Å². The Labute approximate surface area is 116 Å². The Balaban J connectivity index is 1.77. The Morgan fingerprint density at radius 1 is 1.39 bits per heavy atom. The third-order valence-electron chi connectivity index (χ3n) is 3.60. The molecule has 1 aliphatic carbocycles. The molecule has 1 unspecified atom stereocenters. The topological polar surface area (TPSA) is 25.2 Å². The third-order valence-corrected chi connectivity index (χ3v) is 4.10. The van der Waals surface area contributed by atoms with Crippen molar-refractivity contribution in [3.63, 3.8) is 0 Å². The van der Waals surface area contributed by atoms with Crippen LogP contribution in [0.1, 0.15) is 42.3 Å². The summed E-state index contributed by atoms with van der Waals surface area (Å²) in [6.07, 6.45) is 4.04. The number of benzene rings is 1.